The zero-order valence-corrected chi connectivity index (χ0v) is 6.55. The highest BCUT2D eigenvalue weighted by molar-refractivity contribution is 5.76. The fourth-order valence-corrected chi connectivity index (χ4v) is 0.431. The number of hydrogen-bond donors (Lipinski definition) is 2. The molecule has 1 unspecified atom stereocenters. The second kappa shape index (κ2) is 2.98. The molecule has 0 aromatic rings. The van der Waals surface area contributed by atoms with Crippen LogP contribution < -0.4 is 11.5 Å². The van der Waals surface area contributed by atoms with Gasteiger partial charge in [0.05, 0.1) is 7.11 Å². The largest absolute Gasteiger partial charge is 0.468 e. The lowest BCUT2D eigenvalue weighted by atomic mass is 9.97. The van der Waals surface area contributed by atoms with E-state index in [-0.39, 0.29) is 0 Å². The maximum atomic E-state index is 10.7. The van der Waals surface area contributed by atoms with Crippen LogP contribution in [0.4, 0.5) is 0 Å². The molecule has 0 amide bonds. The fourth-order valence-electron chi connectivity index (χ4n) is 0.431. The summed E-state index contributed by atoms with van der Waals surface area (Å²) in [6.45, 7) is 3.35. The molecule has 4 heteroatoms. The van der Waals surface area contributed by atoms with Crippen LogP contribution in [-0.2, 0) is 9.53 Å². The number of nitrogens with two attached hydrogens (primary N) is 2. The highest BCUT2D eigenvalue weighted by Gasteiger charge is 2.28. The lowest BCUT2D eigenvalue weighted by Gasteiger charge is -2.23. The Kier molecular flexibility index (Phi) is 2.80. The van der Waals surface area contributed by atoms with Crippen molar-refractivity contribution >= 4 is 5.97 Å². The SMILES string of the molecule is COC(=O)C(N)C(C)(C)N. The minimum absolute atomic E-state index is 0.479. The van der Waals surface area contributed by atoms with Crippen molar-refractivity contribution in [3.8, 4) is 0 Å². The monoisotopic (exact) mass is 146 g/mol. The molecule has 0 saturated carbocycles. The first-order valence-corrected chi connectivity index (χ1v) is 3.02. The molecule has 4 N–H and O–H groups in total. The van der Waals surface area contributed by atoms with Crippen molar-refractivity contribution in [3.63, 3.8) is 0 Å². The van der Waals surface area contributed by atoms with E-state index in [0.29, 0.717) is 0 Å². The third-order valence-corrected chi connectivity index (χ3v) is 1.26. The van der Waals surface area contributed by atoms with Gasteiger partial charge in [0.2, 0.25) is 0 Å². The lowest BCUT2D eigenvalue weighted by Crippen LogP contribution is -2.55. The molecule has 10 heavy (non-hydrogen) atoms. The maximum Gasteiger partial charge on any atom is 0.324 e. The summed E-state index contributed by atoms with van der Waals surface area (Å²) in [6.07, 6.45) is 0. The molecule has 0 spiro atoms. The van der Waals surface area contributed by atoms with Crippen LogP contribution in [0.5, 0.6) is 0 Å². The van der Waals surface area contributed by atoms with Gasteiger partial charge >= 0.3 is 5.97 Å². The van der Waals surface area contributed by atoms with Gasteiger partial charge in [0.1, 0.15) is 6.04 Å². The summed E-state index contributed by atoms with van der Waals surface area (Å²) in [5.74, 6) is -0.479. The first-order valence-electron chi connectivity index (χ1n) is 3.02. The molecule has 0 heterocycles. The standard InChI is InChI=1S/C6H14N2O2/c1-6(2,8)4(7)5(9)10-3/h4H,7-8H2,1-3H3. The van der Waals surface area contributed by atoms with Crippen molar-refractivity contribution in [2.45, 2.75) is 25.4 Å². The smallest absolute Gasteiger partial charge is 0.324 e. The Morgan fingerprint density at radius 1 is 1.60 bits per heavy atom. The zero-order chi connectivity index (χ0) is 8.36. The van der Waals surface area contributed by atoms with Crippen LogP contribution in [0.3, 0.4) is 0 Å². The summed E-state index contributed by atoms with van der Waals surface area (Å²) < 4.78 is 4.39. The Morgan fingerprint density at radius 2 is 2.00 bits per heavy atom. The highest BCUT2D eigenvalue weighted by atomic mass is 16.5. The van der Waals surface area contributed by atoms with Gasteiger partial charge in [-0.25, -0.2) is 0 Å². The van der Waals surface area contributed by atoms with E-state index in [9.17, 15) is 4.79 Å². The van der Waals surface area contributed by atoms with E-state index >= 15 is 0 Å². The lowest BCUT2D eigenvalue weighted by molar-refractivity contribution is -0.143. The zero-order valence-electron chi connectivity index (χ0n) is 6.55. The predicted octanol–water partition coefficient (Wildman–Crippen LogP) is -0.776. The van der Waals surface area contributed by atoms with Gasteiger partial charge in [-0.3, -0.25) is 4.79 Å². The topological polar surface area (TPSA) is 78.3 Å². The number of carbonyl (C=O) groups is 1. The number of hydrogen-bond acceptors (Lipinski definition) is 4. The minimum Gasteiger partial charge on any atom is -0.468 e. The summed E-state index contributed by atoms with van der Waals surface area (Å²) in [6, 6.07) is -0.752. The summed E-state index contributed by atoms with van der Waals surface area (Å²) >= 11 is 0. The Labute approximate surface area is 60.5 Å². The second-order valence-electron chi connectivity index (χ2n) is 2.82. The summed E-state index contributed by atoms with van der Waals surface area (Å²) in [4.78, 5) is 10.7. The molecular formula is C6H14N2O2. The highest BCUT2D eigenvalue weighted by Crippen LogP contribution is 2.02. The normalized spacial score (nSPS) is 14.5. The van der Waals surface area contributed by atoms with Gasteiger partial charge in [0.25, 0.3) is 0 Å². The van der Waals surface area contributed by atoms with Gasteiger partial charge in [0.15, 0.2) is 0 Å². The summed E-state index contributed by atoms with van der Waals surface area (Å²) in [5, 5.41) is 0. The van der Waals surface area contributed by atoms with E-state index in [0.717, 1.165) is 0 Å². The summed E-state index contributed by atoms with van der Waals surface area (Å²) in [7, 11) is 1.29. The third kappa shape index (κ3) is 2.33. The first-order chi connectivity index (χ1) is 4.39. The van der Waals surface area contributed by atoms with Crippen LogP contribution in [0, 0.1) is 0 Å². The molecule has 4 nitrogen and oxygen atoms in total. The van der Waals surface area contributed by atoms with Gasteiger partial charge in [-0.05, 0) is 13.8 Å². The molecule has 60 valence electrons. The van der Waals surface area contributed by atoms with Crippen LogP contribution in [0.2, 0.25) is 0 Å². The van der Waals surface area contributed by atoms with Crippen LogP contribution in [-0.4, -0.2) is 24.7 Å². The van der Waals surface area contributed by atoms with Crippen molar-refractivity contribution in [1.82, 2.24) is 0 Å². The number of methoxy groups -OCH3 is 1. The van der Waals surface area contributed by atoms with E-state index in [1.54, 1.807) is 13.8 Å². The van der Waals surface area contributed by atoms with Crippen LogP contribution in [0.25, 0.3) is 0 Å². The Bertz CT molecular complexity index is 128. The molecule has 0 aliphatic heterocycles. The number of ether oxygens (including phenoxy) is 1. The molecule has 0 radical (unpaired) electrons. The van der Waals surface area contributed by atoms with E-state index in [1.807, 2.05) is 0 Å². The number of esters is 1. The van der Waals surface area contributed by atoms with Gasteiger partial charge in [-0.1, -0.05) is 0 Å². The molecule has 0 aromatic carbocycles. The molecule has 0 saturated heterocycles. The van der Waals surface area contributed by atoms with Gasteiger partial charge in [-0.2, -0.15) is 0 Å². The summed E-state index contributed by atoms with van der Waals surface area (Å²) in [5.41, 5.74) is 10.2. The second-order valence-corrected chi connectivity index (χ2v) is 2.82. The van der Waals surface area contributed by atoms with Crippen LogP contribution in [0.15, 0.2) is 0 Å². The fraction of sp³-hybridized carbons (Fsp3) is 0.833. The van der Waals surface area contributed by atoms with Gasteiger partial charge in [0, 0.05) is 5.54 Å². The van der Waals surface area contributed by atoms with Crippen molar-refractivity contribution in [1.29, 1.82) is 0 Å². The number of rotatable bonds is 2. The minimum atomic E-state index is -0.752. The van der Waals surface area contributed by atoms with Gasteiger partial charge in [-0.15, -0.1) is 0 Å². The van der Waals surface area contributed by atoms with Crippen molar-refractivity contribution in [2.24, 2.45) is 11.5 Å². The molecule has 0 fully saturated rings. The van der Waals surface area contributed by atoms with Crippen molar-refractivity contribution in [2.75, 3.05) is 7.11 Å². The third-order valence-electron chi connectivity index (χ3n) is 1.26. The average molecular weight is 146 g/mol. The van der Waals surface area contributed by atoms with Crippen LogP contribution >= 0.6 is 0 Å². The van der Waals surface area contributed by atoms with Gasteiger partial charge < -0.3 is 16.2 Å². The molecule has 0 aromatic heterocycles. The van der Waals surface area contributed by atoms with E-state index in [2.05, 4.69) is 4.74 Å². The van der Waals surface area contributed by atoms with E-state index in [1.165, 1.54) is 7.11 Å². The molecule has 0 aliphatic rings. The Morgan fingerprint density at radius 3 is 2.10 bits per heavy atom. The van der Waals surface area contributed by atoms with Crippen molar-refractivity contribution < 1.29 is 9.53 Å². The van der Waals surface area contributed by atoms with E-state index < -0.39 is 17.6 Å². The molecule has 0 rings (SSSR count). The maximum absolute atomic E-state index is 10.7. The van der Waals surface area contributed by atoms with E-state index in [4.69, 9.17) is 11.5 Å². The average Bonchev–Trinajstić information content (AvgIpc) is 1.83. The Balaban J connectivity index is 4.08. The number of carbonyl (C=O) groups excluding carboxylic acids is 1. The van der Waals surface area contributed by atoms with Crippen molar-refractivity contribution in [3.05, 3.63) is 0 Å². The van der Waals surface area contributed by atoms with Crippen LogP contribution in [0.1, 0.15) is 13.8 Å². The molecule has 0 bridgehead atoms. The first kappa shape index (κ1) is 9.39. The molecular weight excluding hydrogens is 132 g/mol. The Hall–Kier alpha value is -0.610. The quantitative estimate of drug-likeness (QED) is 0.501. The molecule has 1 atom stereocenters. The predicted molar refractivity (Wildman–Crippen MR) is 38.3 cm³/mol. The molecule has 0 aliphatic carbocycles.